The minimum absolute atomic E-state index is 0.250. The lowest BCUT2D eigenvalue weighted by atomic mass is 9.95. The van der Waals surface area contributed by atoms with Gasteiger partial charge in [-0.2, -0.15) is 0 Å². The van der Waals surface area contributed by atoms with Crippen molar-refractivity contribution in [2.24, 2.45) is 0 Å². The van der Waals surface area contributed by atoms with Crippen molar-refractivity contribution in [3.63, 3.8) is 0 Å². The molecule has 0 aliphatic heterocycles. The van der Waals surface area contributed by atoms with Gasteiger partial charge in [-0.15, -0.1) is 0 Å². The van der Waals surface area contributed by atoms with Crippen LogP contribution >= 0.6 is 31.9 Å². The summed E-state index contributed by atoms with van der Waals surface area (Å²) in [4.78, 5) is 0.250. The van der Waals surface area contributed by atoms with Crippen molar-refractivity contribution in [2.75, 3.05) is 0 Å². The van der Waals surface area contributed by atoms with Gasteiger partial charge >= 0.3 is 0 Å². The van der Waals surface area contributed by atoms with Gasteiger partial charge in [-0.05, 0) is 59.7 Å². The summed E-state index contributed by atoms with van der Waals surface area (Å²) in [5.41, 5.74) is 6.79. The molecule has 2 rings (SSSR count). The predicted octanol–water partition coefficient (Wildman–Crippen LogP) is 6.37. The summed E-state index contributed by atoms with van der Waals surface area (Å²) in [5.74, 6) is 0. The minimum atomic E-state index is 0.250. The maximum atomic E-state index is 3.90. The van der Waals surface area contributed by atoms with Crippen LogP contribution in [0.1, 0.15) is 46.5 Å². The summed E-state index contributed by atoms with van der Waals surface area (Å²) in [6.45, 7) is 6.56. The number of rotatable bonds is 4. The van der Waals surface area contributed by atoms with E-state index in [4.69, 9.17) is 0 Å². The van der Waals surface area contributed by atoms with Crippen LogP contribution in [0.4, 0.5) is 0 Å². The Morgan fingerprint density at radius 1 is 1.00 bits per heavy atom. The molecule has 1 atom stereocenters. The second-order valence-corrected chi connectivity index (χ2v) is 7.00. The van der Waals surface area contributed by atoms with Gasteiger partial charge in [0.15, 0.2) is 0 Å². The molecule has 2 heteroatoms. The molecule has 0 heterocycles. The molecule has 0 aliphatic carbocycles. The molecule has 0 aliphatic rings. The van der Waals surface area contributed by atoms with Crippen molar-refractivity contribution in [3.8, 4) is 0 Å². The van der Waals surface area contributed by atoms with Crippen molar-refractivity contribution in [2.45, 2.75) is 38.4 Å². The van der Waals surface area contributed by atoms with Gasteiger partial charge < -0.3 is 0 Å². The third-order valence-electron chi connectivity index (χ3n) is 3.63. The van der Waals surface area contributed by atoms with Crippen molar-refractivity contribution < 1.29 is 0 Å². The topological polar surface area (TPSA) is 0 Å². The van der Waals surface area contributed by atoms with Gasteiger partial charge in [0.2, 0.25) is 0 Å². The Bertz CT molecular complexity index is 582. The third kappa shape index (κ3) is 3.53. The van der Waals surface area contributed by atoms with E-state index in [1.165, 1.54) is 27.8 Å². The molecule has 20 heavy (non-hydrogen) atoms. The van der Waals surface area contributed by atoms with Crippen LogP contribution in [-0.2, 0) is 12.8 Å². The van der Waals surface area contributed by atoms with Crippen LogP contribution in [0, 0.1) is 6.92 Å². The quantitative estimate of drug-likeness (QED) is 0.527. The Morgan fingerprint density at radius 3 is 2.35 bits per heavy atom. The van der Waals surface area contributed by atoms with E-state index < -0.39 is 0 Å². The van der Waals surface area contributed by atoms with Crippen LogP contribution in [0.2, 0.25) is 0 Å². The molecule has 0 nitrogen and oxygen atoms in total. The zero-order valence-corrected chi connectivity index (χ0v) is 15.4. The van der Waals surface area contributed by atoms with Crippen LogP contribution < -0.4 is 0 Å². The molecular formula is C18H20Br2. The maximum absolute atomic E-state index is 3.90. The summed E-state index contributed by atoms with van der Waals surface area (Å²) in [7, 11) is 0. The second kappa shape index (κ2) is 6.91. The van der Waals surface area contributed by atoms with E-state index in [1.807, 2.05) is 0 Å². The molecule has 2 aromatic carbocycles. The first-order chi connectivity index (χ1) is 9.55. The molecule has 0 fully saturated rings. The molecule has 106 valence electrons. The first-order valence-corrected chi connectivity index (χ1v) is 8.78. The molecule has 0 saturated heterocycles. The van der Waals surface area contributed by atoms with Gasteiger partial charge in [0.25, 0.3) is 0 Å². The Labute approximate surface area is 138 Å². The van der Waals surface area contributed by atoms with Gasteiger partial charge in [-0.3, -0.25) is 0 Å². The van der Waals surface area contributed by atoms with E-state index >= 15 is 0 Å². The molecule has 0 bridgehead atoms. The summed E-state index contributed by atoms with van der Waals surface area (Å²) in [5, 5.41) is 0. The van der Waals surface area contributed by atoms with Crippen LogP contribution in [0.3, 0.4) is 0 Å². The van der Waals surface area contributed by atoms with Gasteiger partial charge in [0.1, 0.15) is 0 Å². The van der Waals surface area contributed by atoms with Crippen molar-refractivity contribution in [1.29, 1.82) is 0 Å². The van der Waals surface area contributed by atoms with Crippen LogP contribution in [0.15, 0.2) is 40.9 Å². The molecule has 0 saturated carbocycles. The zero-order valence-electron chi connectivity index (χ0n) is 12.2. The molecule has 0 N–H and O–H groups in total. The van der Waals surface area contributed by atoms with E-state index in [2.05, 4.69) is 89.0 Å². The van der Waals surface area contributed by atoms with Crippen molar-refractivity contribution in [3.05, 3.63) is 68.7 Å². The average molecular weight is 396 g/mol. The summed E-state index contributed by atoms with van der Waals surface area (Å²) in [6, 6.07) is 13.5. The van der Waals surface area contributed by atoms with Crippen molar-refractivity contribution in [1.82, 2.24) is 0 Å². The summed E-state index contributed by atoms with van der Waals surface area (Å²) in [6.07, 6.45) is 2.14. The Balaban J connectivity index is 2.48. The van der Waals surface area contributed by atoms with Crippen LogP contribution in [0.25, 0.3) is 0 Å². The lowest BCUT2D eigenvalue weighted by Gasteiger charge is -2.17. The smallest absolute Gasteiger partial charge is 0.0647 e. The normalized spacial score (nSPS) is 12.4. The lowest BCUT2D eigenvalue weighted by Crippen LogP contribution is -2.00. The highest BCUT2D eigenvalue weighted by Gasteiger charge is 2.15. The van der Waals surface area contributed by atoms with E-state index in [9.17, 15) is 0 Å². The fourth-order valence-electron chi connectivity index (χ4n) is 2.51. The van der Waals surface area contributed by atoms with Gasteiger partial charge in [-0.1, -0.05) is 70.0 Å². The maximum Gasteiger partial charge on any atom is 0.0647 e. The third-order valence-corrected chi connectivity index (χ3v) is 5.11. The second-order valence-electron chi connectivity index (χ2n) is 5.16. The minimum Gasteiger partial charge on any atom is -0.0786 e. The Hall–Kier alpha value is -0.600. The van der Waals surface area contributed by atoms with E-state index in [1.54, 1.807) is 0 Å². The fraction of sp³-hybridized carbons (Fsp3) is 0.333. The lowest BCUT2D eigenvalue weighted by molar-refractivity contribution is 1.03. The van der Waals surface area contributed by atoms with Gasteiger partial charge in [0, 0.05) is 4.47 Å². The summed E-state index contributed by atoms with van der Waals surface area (Å²) >= 11 is 7.49. The number of aryl methyl sites for hydroxylation is 3. The molecule has 2 aromatic rings. The standard InChI is InChI=1S/C18H20Br2/c1-4-13-6-7-14(5-2)17(10-13)18(20)15-8-12(3)9-16(19)11-15/h6-11,18H,4-5H2,1-3H3. The van der Waals surface area contributed by atoms with Crippen molar-refractivity contribution >= 4 is 31.9 Å². The van der Waals surface area contributed by atoms with E-state index in [-0.39, 0.29) is 4.83 Å². The predicted molar refractivity (Wildman–Crippen MR) is 94.8 cm³/mol. The number of hydrogen-bond donors (Lipinski definition) is 0. The number of benzene rings is 2. The fourth-order valence-corrected chi connectivity index (χ4v) is 3.83. The highest BCUT2D eigenvalue weighted by Crippen LogP contribution is 2.35. The highest BCUT2D eigenvalue weighted by atomic mass is 79.9. The molecule has 0 aromatic heterocycles. The van der Waals surface area contributed by atoms with Crippen LogP contribution in [-0.4, -0.2) is 0 Å². The molecular weight excluding hydrogens is 376 g/mol. The first kappa shape index (κ1) is 15.8. The van der Waals surface area contributed by atoms with E-state index in [0.717, 1.165) is 17.3 Å². The number of hydrogen-bond acceptors (Lipinski definition) is 0. The molecule has 0 spiro atoms. The highest BCUT2D eigenvalue weighted by molar-refractivity contribution is 9.10. The SMILES string of the molecule is CCc1ccc(CC)c(C(Br)c2cc(C)cc(Br)c2)c1. The Kier molecular flexibility index (Phi) is 5.45. The summed E-state index contributed by atoms with van der Waals surface area (Å²) < 4.78 is 1.14. The molecule has 0 radical (unpaired) electrons. The average Bonchev–Trinajstić information content (AvgIpc) is 2.44. The number of alkyl halides is 1. The van der Waals surface area contributed by atoms with Crippen LogP contribution in [0.5, 0.6) is 0 Å². The van der Waals surface area contributed by atoms with Gasteiger partial charge in [0.05, 0.1) is 4.83 Å². The zero-order chi connectivity index (χ0) is 14.7. The molecule has 1 unspecified atom stereocenters. The molecule has 0 amide bonds. The number of halogens is 2. The van der Waals surface area contributed by atoms with Gasteiger partial charge in [-0.25, -0.2) is 0 Å². The Morgan fingerprint density at radius 2 is 1.75 bits per heavy atom. The monoisotopic (exact) mass is 394 g/mol. The largest absolute Gasteiger partial charge is 0.0786 e. The van der Waals surface area contributed by atoms with E-state index in [0.29, 0.717) is 0 Å². The first-order valence-electron chi connectivity index (χ1n) is 7.08.